The van der Waals surface area contributed by atoms with Gasteiger partial charge in [0.25, 0.3) is 0 Å². The van der Waals surface area contributed by atoms with E-state index in [-0.39, 0.29) is 61.6 Å². The fourth-order valence-corrected chi connectivity index (χ4v) is 5.26. The third-order valence-corrected chi connectivity index (χ3v) is 7.17. The fraction of sp³-hybridized carbons (Fsp3) is 0.161. The molecule has 0 radical (unpaired) electrons. The van der Waals surface area contributed by atoms with Crippen molar-refractivity contribution in [3.8, 4) is 46.0 Å². The van der Waals surface area contributed by atoms with Gasteiger partial charge in [0.2, 0.25) is 11.2 Å². The Kier molecular flexibility index (Phi) is 6.73. The van der Waals surface area contributed by atoms with Gasteiger partial charge in [-0.3, -0.25) is 9.59 Å². The van der Waals surface area contributed by atoms with Crippen LogP contribution >= 0.6 is 0 Å². The number of aryl methyl sites for hydroxylation is 2. The highest BCUT2D eigenvalue weighted by Gasteiger charge is 2.29. The SMILES string of the molecule is COc1cc(O)cc(C)c1C(=O)c1c(O)cc(O)c(Cc2c(OC)cc(O)c3c(=O)c4c(C)cc(O)cc4oc23)c1O. The number of hydrogen-bond donors (Lipinski definition) is 6. The van der Waals surface area contributed by atoms with Gasteiger partial charge in [-0.15, -0.1) is 0 Å². The molecule has 11 nitrogen and oxygen atoms in total. The Labute approximate surface area is 237 Å². The number of hydrogen-bond acceptors (Lipinski definition) is 11. The summed E-state index contributed by atoms with van der Waals surface area (Å²) in [5.74, 6) is -3.69. The highest BCUT2D eigenvalue weighted by molar-refractivity contribution is 6.15. The molecule has 1 aromatic heterocycles. The van der Waals surface area contributed by atoms with Gasteiger partial charge in [-0.1, -0.05) is 0 Å². The van der Waals surface area contributed by atoms with E-state index in [1.54, 1.807) is 6.92 Å². The third kappa shape index (κ3) is 4.31. The Bertz CT molecular complexity index is 2000. The second kappa shape index (κ2) is 10.1. The normalized spacial score (nSPS) is 11.2. The molecular weight excluding hydrogens is 548 g/mol. The lowest BCUT2D eigenvalue weighted by Crippen LogP contribution is -2.09. The summed E-state index contributed by atoms with van der Waals surface area (Å²) in [6.45, 7) is 3.13. The highest BCUT2D eigenvalue weighted by atomic mass is 16.5. The Balaban J connectivity index is 1.77. The molecule has 0 saturated heterocycles. The standard InChI is InChI=1S/C31H26O11/c1-12-5-14(32)7-22(41-4)24(12)29(38)26-19(35)10-18(34)16(28(26)37)9-17-21(40-3)11-20(36)27-30(39)25-13(2)6-15(33)8-23(25)42-31(17)27/h5-8,10-11,32-37H,9H2,1-4H3. The molecule has 5 rings (SSSR count). The molecule has 0 amide bonds. The van der Waals surface area contributed by atoms with Crippen LogP contribution in [0.4, 0.5) is 0 Å². The van der Waals surface area contributed by atoms with Crippen LogP contribution in [0, 0.1) is 13.8 Å². The molecule has 1 heterocycles. The van der Waals surface area contributed by atoms with Crippen molar-refractivity contribution in [3.63, 3.8) is 0 Å². The number of carbonyl (C=O) groups is 1. The molecule has 0 aliphatic carbocycles. The van der Waals surface area contributed by atoms with Gasteiger partial charge in [-0.05, 0) is 37.1 Å². The Hall–Kier alpha value is -5.58. The van der Waals surface area contributed by atoms with Crippen LogP contribution in [-0.4, -0.2) is 50.6 Å². The van der Waals surface area contributed by atoms with Gasteiger partial charge in [0.15, 0.2) is 0 Å². The maximum Gasteiger partial charge on any atom is 0.204 e. The molecule has 0 spiro atoms. The van der Waals surface area contributed by atoms with Gasteiger partial charge in [0, 0.05) is 41.8 Å². The third-order valence-electron chi connectivity index (χ3n) is 7.17. The lowest BCUT2D eigenvalue weighted by Gasteiger charge is -2.18. The number of phenolic OH excluding ortho intramolecular Hbond substituents is 6. The van der Waals surface area contributed by atoms with Crippen LogP contribution < -0.4 is 14.9 Å². The van der Waals surface area contributed by atoms with E-state index in [2.05, 4.69) is 0 Å². The van der Waals surface area contributed by atoms with Crippen LogP contribution in [0.5, 0.6) is 46.0 Å². The smallest absolute Gasteiger partial charge is 0.204 e. The summed E-state index contributed by atoms with van der Waals surface area (Å²) < 4.78 is 16.7. The number of methoxy groups -OCH3 is 2. The van der Waals surface area contributed by atoms with Gasteiger partial charge < -0.3 is 44.5 Å². The molecule has 0 unspecified atom stereocenters. The van der Waals surface area contributed by atoms with Gasteiger partial charge in [0.1, 0.15) is 68.1 Å². The van der Waals surface area contributed by atoms with Gasteiger partial charge in [0.05, 0.1) is 25.2 Å². The summed E-state index contributed by atoms with van der Waals surface area (Å²) in [7, 11) is 2.58. The number of phenols is 6. The van der Waals surface area contributed by atoms with Crippen molar-refractivity contribution in [2.24, 2.45) is 0 Å². The van der Waals surface area contributed by atoms with Crippen molar-refractivity contribution in [2.75, 3.05) is 14.2 Å². The molecule has 0 aliphatic heterocycles. The zero-order valence-electron chi connectivity index (χ0n) is 22.9. The minimum Gasteiger partial charge on any atom is -0.508 e. The molecule has 0 bridgehead atoms. The first-order valence-electron chi connectivity index (χ1n) is 12.6. The van der Waals surface area contributed by atoms with E-state index in [1.807, 2.05) is 0 Å². The predicted molar refractivity (Wildman–Crippen MR) is 152 cm³/mol. The topological polar surface area (TPSA) is 187 Å². The number of ether oxygens (including phenoxy) is 2. The molecule has 216 valence electrons. The van der Waals surface area contributed by atoms with E-state index in [0.29, 0.717) is 11.1 Å². The average molecular weight is 575 g/mol. The fourth-order valence-electron chi connectivity index (χ4n) is 5.26. The second-order valence-electron chi connectivity index (χ2n) is 9.81. The first-order chi connectivity index (χ1) is 19.9. The molecule has 6 N–H and O–H groups in total. The Morgan fingerprint density at radius 2 is 1.36 bits per heavy atom. The summed E-state index contributed by atoms with van der Waals surface area (Å²) in [5.41, 5.74) is -0.727. The van der Waals surface area contributed by atoms with E-state index in [4.69, 9.17) is 13.9 Å². The van der Waals surface area contributed by atoms with Crippen molar-refractivity contribution >= 4 is 27.7 Å². The summed E-state index contributed by atoms with van der Waals surface area (Å²) in [5, 5.41) is 63.4. The minimum absolute atomic E-state index is 0.00989. The number of fused-ring (bicyclic) bond motifs is 2. The van der Waals surface area contributed by atoms with Crippen LogP contribution in [0.25, 0.3) is 21.9 Å². The summed E-state index contributed by atoms with van der Waals surface area (Å²) in [6, 6.07) is 7.19. The summed E-state index contributed by atoms with van der Waals surface area (Å²) >= 11 is 0. The van der Waals surface area contributed by atoms with Crippen LogP contribution in [0.3, 0.4) is 0 Å². The van der Waals surface area contributed by atoms with Crippen LogP contribution in [0.15, 0.2) is 45.6 Å². The Morgan fingerprint density at radius 3 is 2.02 bits per heavy atom. The average Bonchev–Trinajstić information content (AvgIpc) is 2.90. The van der Waals surface area contributed by atoms with E-state index in [1.165, 1.54) is 51.5 Å². The van der Waals surface area contributed by atoms with Gasteiger partial charge in [-0.2, -0.15) is 0 Å². The lowest BCUT2D eigenvalue weighted by atomic mass is 9.92. The minimum atomic E-state index is -0.855. The number of carbonyl (C=O) groups excluding carboxylic acids is 1. The monoisotopic (exact) mass is 574 g/mol. The van der Waals surface area contributed by atoms with Crippen molar-refractivity contribution in [2.45, 2.75) is 20.3 Å². The molecule has 0 atom stereocenters. The van der Waals surface area contributed by atoms with E-state index >= 15 is 0 Å². The van der Waals surface area contributed by atoms with Crippen LogP contribution in [0.1, 0.15) is 38.2 Å². The van der Waals surface area contributed by atoms with Gasteiger partial charge >= 0.3 is 0 Å². The number of aromatic hydroxyl groups is 6. The summed E-state index contributed by atoms with van der Waals surface area (Å²) in [4.78, 5) is 27.1. The predicted octanol–water partition coefficient (Wildman–Crippen LogP) is 4.64. The molecule has 0 aliphatic rings. The molecular formula is C31H26O11. The first-order valence-corrected chi connectivity index (χ1v) is 12.6. The number of benzene rings is 4. The van der Waals surface area contributed by atoms with Crippen LogP contribution in [-0.2, 0) is 6.42 Å². The molecule has 11 heteroatoms. The molecule has 42 heavy (non-hydrogen) atoms. The quantitative estimate of drug-likeness (QED) is 0.123. The second-order valence-corrected chi connectivity index (χ2v) is 9.81. The molecule has 4 aromatic carbocycles. The van der Waals surface area contributed by atoms with Crippen molar-refractivity contribution in [1.29, 1.82) is 0 Å². The van der Waals surface area contributed by atoms with Crippen LogP contribution in [0.2, 0.25) is 0 Å². The largest absolute Gasteiger partial charge is 0.508 e. The zero-order chi connectivity index (χ0) is 30.6. The Morgan fingerprint density at radius 1 is 0.714 bits per heavy atom. The molecule has 5 aromatic rings. The van der Waals surface area contributed by atoms with E-state index in [0.717, 1.165) is 6.07 Å². The molecule has 0 fully saturated rings. The zero-order valence-corrected chi connectivity index (χ0v) is 22.9. The number of ketones is 1. The van der Waals surface area contributed by atoms with E-state index < -0.39 is 46.2 Å². The lowest BCUT2D eigenvalue weighted by molar-refractivity contribution is 0.103. The van der Waals surface area contributed by atoms with Crippen molar-refractivity contribution < 1.29 is 49.3 Å². The van der Waals surface area contributed by atoms with Crippen molar-refractivity contribution in [1.82, 2.24) is 0 Å². The number of rotatable bonds is 6. The highest BCUT2D eigenvalue weighted by Crippen LogP contribution is 2.44. The summed E-state index contributed by atoms with van der Waals surface area (Å²) in [6.07, 6.45) is -0.393. The maximum atomic E-state index is 13.6. The maximum absolute atomic E-state index is 13.6. The first kappa shape index (κ1) is 28.0. The van der Waals surface area contributed by atoms with Gasteiger partial charge in [-0.25, -0.2) is 0 Å². The van der Waals surface area contributed by atoms with Crippen molar-refractivity contribution in [3.05, 3.63) is 80.0 Å². The molecule has 0 saturated carbocycles. The van der Waals surface area contributed by atoms with E-state index in [9.17, 15) is 40.2 Å².